The van der Waals surface area contributed by atoms with Crippen LogP contribution in [0.15, 0.2) is 24.3 Å². The molecule has 0 atom stereocenters. The first-order valence-corrected chi connectivity index (χ1v) is 5.97. The lowest BCUT2D eigenvalue weighted by Gasteiger charge is -2.21. The average molecular weight is 250 g/mol. The minimum Gasteiger partial charge on any atom is -0.444 e. The number of rotatable bonds is 2. The molecule has 1 amide bonds. The standard InChI is InChI=1S/C14H22N2O2/c1-13(2,3)18-12(17)16-11-8-6-10(7-9-11)14(4,5)15/h6-9H,15H2,1-5H3,(H,16,17). The first kappa shape index (κ1) is 14.5. The molecule has 0 aromatic heterocycles. The van der Waals surface area contributed by atoms with Gasteiger partial charge in [0.1, 0.15) is 5.60 Å². The molecule has 18 heavy (non-hydrogen) atoms. The van der Waals surface area contributed by atoms with Crippen LogP contribution in [0.25, 0.3) is 0 Å². The van der Waals surface area contributed by atoms with Crippen molar-refractivity contribution in [3.05, 3.63) is 29.8 Å². The monoisotopic (exact) mass is 250 g/mol. The highest BCUT2D eigenvalue weighted by atomic mass is 16.6. The van der Waals surface area contributed by atoms with Crippen LogP contribution < -0.4 is 11.1 Å². The Morgan fingerprint density at radius 2 is 1.61 bits per heavy atom. The van der Waals surface area contributed by atoms with E-state index in [1.165, 1.54) is 0 Å². The number of hydrogen-bond acceptors (Lipinski definition) is 3. The highest BCUT2D eigenvalue weighted by Crippen LogP contribution is 2.19. The van der Waals surface area contributed by atoms with E-state index in [4.69, 9.17) is 10.5 Å². The summed E-state index contributed by atoms with van der Waals surface area (Å²) in [4.78, 5) is 11.6. The molecular weight excluding hydrogens is 228 g/mol. The van der Waals surface area contributed by atoms with E-state index in [2.05, 4.69) is 5.32 Å². The Morgan fingerprint density at radius 3 is 2.00 bits per heavy atom. The predicted octanol–water partition coefficient (Wildman–Crippen LogP) is 3.23. The second-order valence-electron chi connectivity index (χ2n) is 5.93. The van der Waals surface area contributed by atoms with Crippen LogP contribution in [0.1, 0.15) is 40.2 Å². The summed E-state index contributed by atoms with van der Waals surface area (Å²) in [6.45, 7) is 9.35. The Hall–Kier alpha value is -1.55. The molecule has 1 aromatic rings. The first-order valence-electron chi connectivity index (χ1n) is 5.97. The molecule has 0 unspecified atom stereocenters. The molecular formula is C14H22N2O2. The molecule has 0 fully saturated rings. The number of carbonyl (C=O) groups excluding carboxylic acids is 1. The molecule has 4 heteroatoms. The van der Waals surface area contributed by atoms with E-state index < -0.39 is 11.7 Å². The van der Waals surface area contributed by atoms with Crippen LogP contribution >= 0.6 is 0 Å². The van der Waals surface area contributed by atoms with Gasteiger partial charge < -0.3 is 10.5 Å². The number of amides is 1. The van der Waals surface area contributed by atoms with E-state index in [1.54, 1.807) is 0 Å². The highest BCUT2D eigenvalue weighted by molar-refractivity contribution is 5.84. The number of nitrogens with one attached hydrogen (secondary N) is 1. The van der Waals surface area contributed by atoms with Gasteiger partial charge in [-0.25, -0.2) is 4.79 Å². The molecule has 0 spiro atoms. The van der Waals surface area contributed by atoms with Gasteiger partial charge >= 0.3 is 6.09 Å². The Balaban J connectivity index is 2.67. The Kier molecular flexibility index (Phi) is 4.02. The fraction of sp³-hybridized carbons (Fsp3) is 0.500. The molecule has 0 aliphatic carbocycles. The zero-order valence-corrected chi connectivity index (χ0v) is 11.7. The van der Waals surface area contributed by atoms with Crippen LogP contribution in [0.4, 0.5) is 10.5 Å². The van der Waals surface area contributed by atoms with E-state index >= 15 is 0 Å². The summed E-state index contributed by atoms with van der Waals surface area (Å²) in [7, 11) is 0. The van der Waals surface area contributed by atoms with Crippen LogP contribution in [0.2, 0.25) is 0 Å². The molecule has 100 valence electrons. The summed E-state index contributed by atoms with van der Waals surface area (Å²) in [5.74, 6) is 0. The Morgan fingerprint density at radius 1 is 1.11 bits per heavy atom. The molecule has 0 saturated heterocycles. The maximum atomic E-state index is 11.6. The fourth-order valence-electron chi connectivity index (χ4n) is 1.40. The molecule has 3 N–H and O–H groups in total. The number of carbonyl (C=O) groups is 1. The molecule has 4 nitrogen and oxygen atoms in total. The zero-order chi connectivity index (χ0) is 14.0. The van der Waals surface area contributed by atoms with Crippen molar-refractivity contribution >= 4 is 11.8 Å². The van der Waals surface area contributed by atoms with Gasteiger partial charge in [-0.3, -0.25) is 5.32 Å². The molecule has 0 radical (unpaired) electrons. The summed E-state index contributed by atoms with van der Waals surface area (Å²) >= 11 is 0. The van der Waals surface area contributed by atoms with Crippen LogP contribution in [0.5, 0.6) is 0 Å². The largest absolute Gasteiger partial charge is 0.444 e. The molecule has 0 aliphatic rings. The quantitative estimate of drug-likeness (QED) is 0.847. The lowest BCUT2D eigenvalue weighted by Crippen LogP contribution is -2.29. The summed E-state index contributed by atoms with van der Waals surface area (Å²) in [6.07, 6.45) is -0.456. The minimum absolute atomic E-state index is 0.384. The van der Waals surface area contributed by atoms with Gasteiger partial charge in [-0.1, -0.05) is 12.1 Å². The third kappa shape index (κ3) is 4.75. The van der Waals surface area contributed by atoms with Crippen LogP contribution in [-0.2, 0) is 10.3 Å². The van der Waals surface area contributed by atoms with Crippen molar-refractivity contribution in [1.29, 1.82) is 0 Å². The maximum absolute atomic E-state index is 11.6. The number of anilines is 1. The Labute approximate surface area is 109 Å². The van der Waals surface area contributed by atoms with Gasteiger partial charge in [-0.2, -0.15) is 0 Å². The molecule has 0 saturated carbocycles. The van der Waals surface area contributed by atoms with E-state index in [1.807, 2.05) is 58.9 Å². The van der Waals surface area contributed by atoms with Crippen molar-refractivity contribution in [2.75, 3.05) is 5.32 Å². The van der Waals surface area contributed by atoms with Crippen LogP contribution in [-0.4, -0.2) is 11.7 Å². The minimum atomic E-state index is -0.497. The number of benzene rings is 1. The van der Waals surface area contributed by atoms with Crippen molar-refractivity contribution < 1.29 is 9.53 Å². The second kappa shape index (κ2) is 4.98. The first-order chi connectivity index (χ1) is 8.08. The third-order valence-electron chi connectivity index (χ3n) is 2.27. The summed E-state index contributed by atoms with van der Waals surface area (Å²) in [6, 6.07) is 7.42. The van der Waals surface area contributed by atoms with Crippen LogP contribution in [0.3, 0.4) is 0 Å². The molecule has 1 aromatic carbocycles. The Bertz CT molecular complexity index is 411. The van der Waals surface area contributed by atoms with Gasteiger partial charge in [0.15, 0.2) is 0 Å². The molecule has 0 aliphatic heterocycles. The van der Waals surface area contributed by atoms with Crippen molar-refractivity contribution in [1.82, 2.24) is 0 Å². The number of hydrogen-bond donors (Lipinski definition) is 2. The summed E-state index contributed by atoms with van der Waals surface area (Å²) < 4.78 is 5.16. The van der Waals surface area contributed by atoms with Gasteiger partial charge in [0.2, 0.25) is 0 Å². The van der Waals surface area contributed by atoms with E-state index in [0.717, 1.165) is 5.56 Å². The van der Waals surface area contributed by atoms with Gasteiger partial charge in [-0.15, -0.1) is 0 Å². The van der Waals surface area contributed by atoms with Crippen LogP contribution in [0, 0.1) is 0 Å². The van der Waals surface area contributed by atoms with Gasteiger partial charge in [0, 0.05) is 11.2 Å². The second-order valence-corrected chi connectivity index (χ2v) is 5.93. The average Bonchev–Trinajstić information content (AvgIpc) is 2.13. The summed E-state index contributed by atoms with van der Waals surface area (Å²) in [5.41, 5.74) is 6.80. The topological polar surface area (TPSA) is 64.3 Å². The summed E-state index contributed by atoms with van der Waals surface area (Å²) in [5, 5.41) is 2.68. The lowest BCUT2D eigenvalue weighted by atomic mass is 9.96. The fourth-order valence-corrected chi connectivity index (χ4v) is 1.40. The van der Waals surface area contributed by atoms with Crippen molar-refractivity contribution in [2.45, 2.75) is 45.8 Å². The van der Waals surface area contributed by atoms with Gasteiger partial charge in [0.25, 0.3) is 0 Å². The lowest BCUT2D eigenvalue weighted by molar-refractivity contribution is 0.0636. The smallest absolute Gasteiger partial charge is 0.412 e. The van der Waals surface area contributed by atoms with Gasteiger partial charge in [0.05, 0.1) is 0 Å². The zero-order valence-electron chi connectivity index (χ0n) is 11.7. The molecule has 0 bridgehead atoms. The number of ether oxygens (including phenoxy) is 1. The molecule has 1 rings (SSSR count). The predicted molar refractivity (Wildman–Crippen MR) is 73.5 cm³/mol. The van der Waals surface area contributed by atoms with Crippen molar-refractivity contribution in [3.8, 4) is 0 Å². The van der Waals surface area contributed by atoms with Crippen molar-refractivity contribution in [2.24, 2.45) is 5.73 Å². The van der Waals surface area contributed by atoms with E-state index in [0.29, 0.717) is 5.69 Å². The SMILES string of the molecule is CC(C)(C)OC(=O)Nc1ccc(C(C)(C)N)cc1. The third-order valence-corrected chi connectivity index (χ3v) is 2.27. The normalized spacial score (nSPS) is 12.1. The van der Waals surface area contributed by atoms with E-state index in [-0.39, 0.29) is 5.54 Å². The maximum Gasteiger partial charge on any atom is 0.412 e. The highest BCUT2D eigenvalue weighted by Gasteiger charge is 2.17. The van der Waals surface area contributed by atoms with Crippen molar-refractivity contribution in [3.63, 3.8) is 0 Å². The molecule has 0 heterocycles. The van der Waals surface area contributed by atoms with Gasteiger partial charge in [-0.05, 0) is 52.3 Å². The number of nitrogens with two attached hydrogens (primary N) is 1. The van der Waals surface area contributed by atoms with E-state index in [9.17, 15) is 4.79 Å².